The summed E-state index contributed by atoms with van der Waals surface area (Å²) in [6.45, 7) is 4.61. The quantitative estimate of drug-likeness (QED) is 0.854. The van der Waals surface area contributed by atoms with Crippen LogP contribution in [0, 0.1) is 6.92 Å². The highest BCUT2D eigenvalue weighted by Gasteiger charge is 2.35. The topological polar surface area (TPSA) is 42.4 Å². The molecule has 3 heteroatoms. The lowest BCUT2D eigenvalue weighted by atomic mass is 9.83. The first-order valence-corrected chi connectivity index (χ1v) is 6.79. The molecular weight excluding hydrogens is 238 g/mol. The van der Waals surface area contributed by atoms with Crippen LogP contribution in [0.15, 0.2) is 30.3 Å². The molecule has 1 N–H and O–H groups in total. The zero-order valence-corrected chi connectivity index (χ0v) is 11.4. The molecule has 19 heavy (non-hydrogen) atoms. The molecule has 0 spiro atoms. The predicted molar refractivity (Wildman–Crippen MR) is 75.0 cm³/mol. The molecule has 0 bridgehead atoms. The number of rotatable bonds is 1. The van der Waals surface area contributed by atoms with Gasteiger partial charge in [-0.15, -0.1) is 0 Å². The van der Waals surface area contributed by atoms with E-state index >= 15 is 0 Å². The summed E-state index contributed by atoms with van der Waals surface area (Å²) in [7, 11) is 0. The largest absolute Gasteiger partial charge is 0.385 e. The third-order valence-electron chi connectivity index (χ3n) is 3.91. The molecule has 3 nitrogen and oxygen atoms in total. The van der Waals surface area contributed by atoms with Crippen LogP contribution in [0.25, 0.3) is 10.9 Å². The Morgan fingerprint density at radius 3 is 2.95 bits per heavy atom. The molecule has 2 heterocycles. The average Bonchev–Trinajstić information content (AvgIpc) is 2.37. The fraction of sp³-hybridized carbons (Fsp3) is 0.438. The summed E-state index contributed by atoms with van der Waals surface area (Å²) in [5.41, 5.74) is 2.20. The van der Waals surface area contributed by atoms with Gasteiger partial charge in [-0.3, -0.25) is 4.98 Å². The molecule has 2 aromatic rings. The van der Waals surface area contributed by atoms with Crippen LogP contribution < -0.4 is 0 Å². The lowest BCUT2D eigenvalue weighted by molar-refractivity contribution is -0.101. The normalized spacial score (nSPS) is 27.6. The van der Waals surface area contributed by atoms with E-state index in [1.54, 1.807) is 0 Å². The van der Waals surface area contributed by atoms with Crippen molar-refractivity contribution in [3.63, 3.8) is 0 Å². The Bertz CT molecular complexity index is 611. The van der Waals surface area contributed by atoms with Gasteiger partial charge in [-0.2, -0.15) is 0 Å². The molecular formula is C16H19NO2. The summed E-state index contributed by atoms with van der Waals surface area (Å²) in [5, 5.41) is 11.9. The first-order chi connectivity index (χ1) is 9.07. The zero-order valence-electron chi connectivity index (χ0n) is 11.4. The highest BCUT2D eigenvalue weighted by Crippen LogP contribution is 2.35. The molecule has 1 fully saturated rings. The molecule has 0 aliphatic carbocycles. The van der Waals surface area contributed by atoms with Crippen molar-refractivity contribution in [3.8, 4) is 0 Å². The maximum Gasteiger partial charge on any atom is 0.0943 e. The van der Waals surface area contributed by atoms with Gasteiger partial charge >= 0.3 is 0 Å². The van der Waals surface area contributed by atoms with Gasteiger partial charge in [0.05, 0.1) is 23.8 Å². The lowest BCUT2D eigenvalue weighted by Gasteiger charge is -2.36. The number of aromatic nitrogens is 1. The standard InChI is InChI=1S/C16H19NO2/c1-11-3-4-13-9-14(5-6-15(13)17-11)16(18)7-8-19-12(2)10-16/h3-6,9,12,18H,7-8,10H2,1-2H3. The molecule has 0 saturated carbocycles. The highest BCUT2D eigenvalue weighted by atomic mass is 16.5. The van der Waals surface area contributed by atoms with Gasteiger partial charge in [-0.1, -0.05) is 12.1 Å². The van der Waals surface area contributed by atoms with Crippen molar-refractivity contribution < 1.29 is 9.84 Å². The van der Waals surface area contributed by atoms with Gasteiger partial charge in [-0.25, -0.2) is 0 Å². The molecule has 0 radical (unpaired) electrons. The van der Waals surface area contributed by atoms with Crippen LogP contribution in [-0.2, 0) is 10.3 Å². The van der Waals surface area contributed by atoms with Crippen molar-refractivity contribution in [2.24, 2.45) is 0 Å². The molecule has 100 valence electrons. The SMILES string of the molecule is Cc1ccc2cc(C3(O)CCOC(C)C3)ccc2n1. The minimum Gasteiger partial charge on any atom is -0.385 e. The van der Waals surface area contributed by atoms with E-state index in [0.29, 0.717) is 19.4 Å². The van der Waals surface area contributed by atoms with Crippen molar-refractivity contribution >= 4 is 10.9 Å². The van der Waals surface area contributed by atoms with Gasteiger partial charge in [0.2, 0.25) is 0 Å². The Morgan fingerprint density at radius 2 is 2.16 bits per heavy atom. The number of hydrogen-bond donors (Lipinski definition) is 1. The number of fused-ring (bicyclic) bond motifs is 1. The summed E-state index contributed by atoms with van der Waals surface area (Å²) in [5.74, 6) is 0. The van der Waals surface area contributed by atoms with E-state index < -0.39 is 5.60 Å². The van der Waals surface area contributed by atoms with Crippen LogP contribution in [-0.4, -0.2) is 22.8 Å². The molecule has 1 aliphatic heterocycles. The fourth-order valence-corrected chi connectivity index (χ4v) is 2.84. The third-order valence-corrected chi connectivity index (χ3v) is 3.91. The molecule has 0 amide bonds. The number of pyridine rings is 1. The summed E-state index contributed by atoms with van der Waals surface area (Å²) in [4.78, 5) is 4.49. The second-order valence-corrected chi connectivity index (χ2v) is 5.53. The van der Waals surface area contributed by atoms with Gasteiger partial charge in [0.1, 0.15) is 0 Å². The van der Waals surface area contributed by atoms with Gasteiger partial charge in [0.15, 0.2) is 0 Å². The van der Waals surface area contributed by atoms with Gasteiger partial charge in [0.25, 0.3) is 0 Å². The maximum atomic E-state index is 10.8. The highest BCUT2D eigenvalue weighted by molar-refractivity contribution is 5.79. The van der Waals surface area contributed by atoms with Crippen molar-refractivity contribution in [2.75, 3.05) is 6.61 Å². The molecule has 2 atom stereocenters. The molecule has 1 aromatic carbocycles. The number of hydrogen-bond acceptors (Lipinski definition) is 3. The monoisotopic (exact) mass is 257 g/mol. The molecule has 3 rings (SSSR count). The van der Waals surface area contributed by atoms with E-state index in [1.807, 2.05) is 32.0 Å². The molecule has 1 aliphatic rings. The number of nitrogens with zero attached hydrogens (tertiary/aromatic N) is 1. The Balaban J connectivity index is 2.03. The Morgan fingerprint density at radius 1 is 1.32 bits per heavy atom. The first-order valence-electron chi connectivity index (χ1n) is 6.79. The van der Waals surface area contributed by atoms with E-state index in [4.69, 9.17) is 4.74 Å². The van der Waals surface area contributed by atoms with E-state index in [-0.39, 0.29) is 6.10 Å². The maximum absolute atomic E-state index is 10.8. The third kappa shape index (κ3) is 2.36. The van der Waals surface area contributed by atoms with Gasteiger partial charge in [0, 0.05) is 23.9 Å². The Hall–Kier alpha value is -1.45. The summed E-state index contributed by atoms with van der Waals surface area (Å²) >= 11 is 0. The van der Waals surface area contributed by atoms with Gasteiger partial charge in [-0.05, 0) is 37.6 Å². The van der Waals surface area contributed by atoms with Crippen LogP contribution in [0.1, 0.15) is 31.0 Å². The van der Waals surface area contributed by atoms with Crippen LogP contribution in [0.2, 0.25) is 0 Å². The number of benzene rings is 1. The zero-order chi connectivity index (χ0) is 13.5. The van der Waals surface area contributed by atoms with Crippen LogP contribution in [0.5, 0.6) is 0 Å². The number of aliphatic hydroxyl groups is 1. The molecule has 1 aromatic heterocycles. The predicted octanol–water partition coefficient (Wildman–Crippen LogP) is 2.93. The average molecular weight is 257 g/mol. The minimum atomic E-state index is -0.767. The van der Waals surface area contributed by atoms with Crippen molar-refractivity contribution in [1.29, 1.82) is 0 Å². The van der Waals surface area contributed by atoms with Crippen molar-refractivity contribution in [3.05, 3.63) is 41.6 Å². The first kappa shape index (κ1) is 12.6. The van der Waals surface area contributed by atoms with Crippen LogP contribution in [0.4, 0.5) is 0 Å². The second-order valence-electron chi connectivity index (χ2n) is 5.53. The minimum absolute atomic E-state index is 0.102. The summed E-state index contributed by atoms with van der Waals surface area (Å²) < 4.78 is 5.53. The number of ether oxygens (including phenoxy) is 1. The van der Waals surface area contributed by atoms with E-state index in [2.05, 4.69) is 17.1 Å². The molecule has 1 saturated heterocycles. The number of aryl methyl sites for hydroxylation is 1. The lowest BCUT2D eigenvalue weighted by Crippen LogP contribution is -2.37. The summed E-state index contributed by atoms with van der Waals surface area (Å²) in [6, 6.07) is 10.1. The van der Waals surface area contributed by atoms with Crippen molar-refractivity contribution in [2.45, 2.75) is 38.4 Å². The van der Waals surface area contributed by atoms with Crippen LogP contribution in [0.3, 0.4) is 0 Å². The van der Waals surface area contributed by atoms with E-state index in [1.165, 1.54) is 0 Å². The summed E-state index contributed by atoms with van der Waals surface area (Å²) in [6.07, 6.45) is 1.41. The smallest absolute Gasteiger partial charge is 0.0943 e. The van der Waals surface area contributed by atoms with Gasteiger partial charge < -0.3 is 9.84 Å². The van der Waals surface area contributed by atoms with Crippen LogP contribution >= 0.6 is 0 Å². The van der Waals surface area contributed by atoms with Crippen molar-refractivity contribution in [1.82, 2.24) is 4.98 Å². The van der Waals surface area contributed by atoms with E-state index in [9.17, 15) is 5.11 Å². The Kier molecular flexibility index (Phi) is 3.03. The molecule has 2 unspecified atom stereocenters. The second kappa shape index (κ2) is 4.58. The van der Waals surface area contributed by atoms with E-state index in [0.717, 1.165) is 22.2 Å². The Labute approximate surface area is 113 Å². The fourth-order valence-electron chi connectivity index (χ4n) is 2.84.